The summed E-state index contributed by atoms with van der Waals surface area (Å²) in [4.78, 5) is 12.1. The molecule has 1 aromatic carbocycles. The molecule has 0 aliphatic carbocycles. The fourth-order valence-electron chi connectivity index (χ4n) is 1.80. The number of amides is 1. The van der Waals surface area contributed by atoms with E-state index in [1.807, 2.05) is 13.8 Å². The van der Waals surface area contributed by atoms with Crippen molar-refractivity contribution < 1.29 is 13.2 Å². The van der Waals surface area contributed by atoms with Crippen LogP contribution in [0.5, 0.6) is 0 Å². The number of hydrogen-bond acceptors (Lipinski definition) is 4. The van der Waals surface area contributed by atoms with E-state index in [0.29, 0.717) is 0 Å². The second kappa shape index (κ2) is 7.53. The zero-order chi connectivity index (χ0) is 16.0. The van der Waals surface area contributed by atoms with E-state index in [9.17, 15) is 13.2 Å². The van der Waals surface area contributed by atoms with E-state index in [4.69, 9.17) is 5.73 Å². The van der Waals surface area contributed by atoms with Crippen LogP contribution in [0.4, 0.5) is 5.69 Å². The maximum absolute atomic E-state index is 12.1. The largest absolute Gasteiger partial charge is 0.324 e. The normalized spacial score (nSPS) is 14.5. The van der Waals surface area contributed by atoms with Crippen LogP contribution in [-0.2, 0) is 14.8 Å². The monoisotopic (exact) mass is 313 g/mol. The van der Waals surface area contributed by atoms with Gasteiger partial charge in [-0.05, 0) is 18.1 Å². The van der Waals surface area contributed by atoms with Crippen molar-refractivity contribution in [2.45, 2.75) is 38.1 Å². The van der Waals surface area contributed by atoms with Gasteiger partial charge in [-0.1, -0.05) is 39.3 Å². The summed E-state index contributed by atoms with van der Waals surface area (Å²) in [5.41, 5.74) is 6.10. The zero-order valence-corrected chi connectivity index (χ0v) is 13.4. The van der Waals surface area contributed by atoms with E-state index in [2.05, 4.69) is 10.0 Å². The van der Waals surface area contributed by atoms with E-state index >= 15 is 0 Å². The average Bonchev–Trinajstić information content (AvgIpc) is 2.45. The predicted octanol–water partition coefficient (Wildman–Crippen LogP) is 1.30. The molecule has 0 radical (unpaired) electrons. The third kappa shape index (κ3) is 4.52. The van der Waals surface area contributed by atoms with E-state index in [0.717, 1.165) is 6.42 Å². The molecule has 2 atom stereocenters. The number of hydrogen-bond donors (Lipinski definition) is 3. The Balaban J connectivity index is 3.03. The number of para-hydroxylation sites is 1. The quantitative estimate of drug-likeness (QED) is 0.706. The summed E-state index contributed by atoms with van der Waals surface area (Å²) >= 11 is 0. The summed E-state index contributed by atoms with van der Waals surface area (Å²) in [5, 5.41) is 2.61. The third-order valence-corrected chi connectivity index (χ3v) is 4.93. The van der Waals surface area contributed by atoms with Crippen molar-refractivity contribution in [3.8, 4) is 0 Å². The van der Waals surface area contributed by atoms with Crippen molar-refractivity contribution in [2.75, 3.05) is 11.9 Å². The first-order valence-electron chi connectivity index (χ1n) is 6.98. The smallest absolute Gasteiger partial charge is 0.242 e. The second-order valence-electron chi connectivity index (χ2n) is 4.90. The van der Waals surface area contributed by atoms with Crippen molar-refractivity contribution in [2.24, 2.45) is 11.7 Å². The van der Waals surface area contributed by atoms with Gasteiger partial charge in [0.1, 0.15) is 4.90 Å². The molecule has 0 bridgehead atoms. The molecule has 0 saturated heterocycles. The van der Waals surface area contributed by atoms with Gasteiger partial charge in [-0.15, -0.1) is 0 Å². The molecule has 2 unspecified atom stereocenters. The van der Waals surface area contributed by atoms with Gasteiger partial charge in [0.25, 0.3) is 0 Å². The summed E-state index contributed by atoms with van der Waals surface area (Å²) in [6.07, 6.45) is 0.770. The molecule has 6 nitrogen and oxygen atoms in total. The molecule has 0 aliphatic rings. The predicted molar refractivity (Wildman–Crippen MR) is 83.4 cm³/mol. The molecule has 7 heteroatoms. The Hall–Kier alpha value is -1.44. The molecule has 0 aliphatic heterocycles. The lowest BCUT2D eigenvalue weighted by Gasteiger charge is -2.19. The first kappa shape index (κ1) is 17.6. The van der Waals surface area contributed by atoms with Gasteiger partial charge >= 0.3 is 0 Å². The number of nitrogens with one attached hydrogen (secondary N) is 2. The van der Waals surface area contributed by atoms with Crippen LogP contribution in [0.1, 0.15) is 27.2 Å². The summed E-state index contributed by atoms with van der Waals surface area (Å²) in [5.74, 6) is -0.369. The lowest BCUT2D eigenvalue weighted by Crippen LogP contribution is -2.41. The Kier molecular flexibility index (Phi) is 6.32. The van der Waals surface area contributed by atoms with Gasteiger partial charge in [0.05, 0.1) is 11.7 Å². The molecule has 1 amide bonds. The fraction of sp³-hybridized carbons (Fsp3) is 0.500. The molecule has 0 saturated carbocycles. The highest BCUT2D eigenvalue weighted by molar-refractivity contribution is 7.89. The van der Waals surface area contributed by atoms with Crippen molar-refractivity contribution in [1.29, 1.82) is 0 Å². The van der Waals surface area contributed by atoms with E-state index in [-0.39, 0.29) is 29.0 Å². The Bertz CT molecular complexity index is 587. The molecule has 0 aromatic heterocycles. The second-order valence-corrected chi connectivity index (χ2v) is 6.63. The number of anilines is 1. The van der Waals surface area contributed by atoms with Gasteiger partial charge in [0, 0.05) is 6.54 Å². The van der Waals surface area contributed by atoms with Crippen molar-refractivity contribution >= 4 is 21.6 Å². The standard InChI is InChI=1S/C14H23N3O3S/c1-4-10(3)13(15)14(18)17-11-8-6-7-9-12(11)21(19,20)16-5-2/h6-10,13,16H,4-5,15H2,1-3H3,(H,17,18). The van der Waals surface area contributed by atoms with Crippen molar-refractivity contribution in [3.63, 3.8) is 0 Å². The minimum atomic E-state index is -3.64. The number of carbonyl (C=O) groups excluding carboxylic acids is 1. The van der Waals surface area contributed by atoms with Crippen LogP contribution in [0.3, 0.4) is 0 Å². The lowest BCUT2D eigenvalue weighted by atomic mass is 9.99. The number of sulfonamides is 1. The highest BCUT2D eigenvalue weighted by Gasteiger charge is 2.23. The van der Waals surface area contributed by atoms with E-state index < -0.39 is 16.1 Å². The van der Waals surface area contributed by atoms with Gasteiger partial charge in [-0.25, -0.2) is 13.1 Å². The Morgan fingerprint density at radius 1 is 1.29 bits per heavy atom. The van der Waals surface area contributed by atoms with Gasteiger partial charge in [-0.3, -0.25) is 4.79 Å². The number of nitrogens with two attached hydrogens (primary N) is 1. The maximum Gasteiger partial charge on any atom is 0.242 e. The minimum Gasteiger partial charge on any atom is -0.324 e. The number of carbonyl (C=O) groups is 1. The number of rotatable bonds is 7. The number of benzene rings is 1. The van der Waals surface area contributed by atoms with Gasteiger partial charge in [-0.2, -0.15) is 0 Å². The molecular weight excluding hydrogens is 290 g/mol. The lowest BCUT2D eigenvalue weighted by molar-refractivity contribution is -0.118. The van der Waals surface area contributed by atoms with Crippen LogP contribution in [0.2, 0.25) is 0 Å². The summed E-state index contributed by atoms with van der Waals surface area (Å²) < 4.78 is 26.6. The summed E-state index contributed by atoms with van der Waals surface area (Å²) in [6.45, 7) is 5.79. The van der Waals surface area contributed by atoms with Crippen LogP contribution in [0, 0.1) is 5.92 Å². The molecule has 0 heterocycles. The molecule has 4 N–H and O–H groups in total. The molecule has 0 fully saturated rings. The average molecular weight is 313 g/mol. The summed E-state index contributed by atoms with van der Waals surface area (Å²) in [6, 6.07) is 5.59. The molecule has 1 aromatic rings. The van der Waals surface area contributed by atoms with Gasteiger partial charge in [0.15, 0.2) is 0 Å². The van der Waals surface area contributed by atoms with Crippen LogP contribution >= 0.6 is 0 Å². The maximum atomic E-state index is 12.1. The first-order valence-corrected chi connectivity index (χ1v) is 8.46. The Morgan fingerprint density at radius 3 is 2.48 bits per heavy atom. The van der Waals surface area contributed by atoms with Crippen molar-refractivity contribution in [1.82, 2.24) is 4.72 Å². The first-order chi connectivity index (χ1) is 9.83. The third-order valence-electron chi connectivity index (χ3n) is 3.33. The van der Waals surface area contributed by atoms with E-state index in [1.165, 1.54) is 6.07 Å². The fourth-order valence-corrected chi connectivity index (χ4v) is 3.00. The molecule has 118 valence electrons. The SMILES string of the molecule is CCNS(=O)(=O)c1ccccc1NC(=O)C(N)C(C)CC. The van der Waals surface area contributed by atoms with Gasteiger partial charge < -0.3 is 11.1 Å². The Morgan fingerprint density at radius 2 is 1.90 bits per heavy atom. The topological polar surface area (TPSA) is 101 Å². The van der Waals surface area contributed by atoms with Crippen LogP contribution < -0.4 is 15.8 Å². The van der Waals surface area contributed by atoms with E-state index in [1.54, 1.807) is 25.1 Å². The van der Waals surface area contributed by atoms with Crippen molar-refractivity contribution in [3.05, 3.63) is 24.3 Å². The van der Waals surface area contributed by atoms with Crippen LogP contribution in [0.25, 0.3) is 0 Å². The molecule has 21 heavy (non-hydrogen) atoms. The molecule has 1 rings (SSSR count). The highest BCUT2D eigenvalue weighted by Crippen LogP contribution is 2.21. The van der Waals surface area contributed by atoms with Crippen LogP contribution in [-0.4, -0.2) is 26.9 Å². The summed E-state index contributed by atoms with van der Waals surface area (Å²) in [7, 11) is -3.64. The minimum absolute atomic E-state index is 0.0162. The van der Waals surface area contributed by atoms with Gasteiger partial charge in [0.2, 0.25) is 15.9 Å². The van der Waals surface area contributed by atoms with Crippen LogP contribution in [0.15, 0.2) is 29.2 Å². The molecular formula is C14H23N3O3S. The highest BCUT2D eigenvalue weighted by atomic mass is 32.2. The Labute approximate surface area is 126 Å². The molecule has 0 spiro atoms. The zero-order valence-electron chi connectivity index (χ0n) is 12.6.